The van der Waals surface area contributed by atoms with Crippen molar-refractivity contribution in [2.24, 2.45) is 4.99 Å². The van der Waals surface area contributed by atoms with Crippen LogP contribution in [0.4, 0.5) is 5.69 Å². The minimum absolute atomic E-state index is 0.0791. The lowest BCUT2D eigenvalue weighted by molar-refractivity contribution is -0.114. The van der Waals surface area contributed by atoms with Crippen LogP contribution in [0.15, 0.2) is 35.3 Å². The van der Waals surface area contributed by atoms with Gasteiger partial charge in [-0.3, -0.25) is 4.79 Å². The number of amides is 1. The van der Waals surface area contributed by atoms with E-state index in [0.29, 0.717) is 12.5 Å². The Labute approximate surface area is 131 Å². The Kier molecular flexibility index (Phi) is 6.70. The summed E-state index contributed by atoms with van der Waals surface area (Å²) in [7, 11) is 0. The van der Waals surface area contributed by atoms with Crippen molar-refractivity contribution in [1.29, 1.82) is 0 Å². The van der Waals surface area contributed by atoms with Crippen LogP contribution in [0, 0.1) is 0 Å². The summed E-state index contributed by atoms with van der Waals surface area (Å²) >= 11 is 0. The van der Waals surface area contributed by atoms with Crippen LogP contribution in [0.25, 0.3) is 0 Å². The first kappa shape index (κ1) is 16.3. The van der Waals surface area contributed by atoms with E-state index in [-0.39, 0.29) is 18.6 Å². The third kappa shape index (κ3) is 5.73. The van der Waals surface area contributed by atoms with Crippen molar-refractivity contribution in [1.82, 2.24) is 10.6 Å². The van der Waals surface area contributed by atoms with Crippen molar-refractivity contribution in [3.05, 3.63) is 30.3 Å². The molecule has 22 heavy (non-hydrogen) atoms. The minimum atomic E-state index is -0.138. The molecule has 0 aromatic heterocycles. The van der Waals surface area contributed by atoms with Crippen molar-refractivity contribution >= 4 is 17.6 Å². The van der Waals surface area contributed by atoms with Gasteiger partial charge in [0, 0.05) is 25.4 Å². The van der Waals surface area contributed by atoms with Crippen LogP contribution in [0.2, 0.25) is 0 Å². The van der Waals surface area contributed by atoms with E-state index < -0.39 is 0 Å². The molecule has 2 rings (SSSR count). The number of ether oxygens (including phenoxy) is 1. The summed E-state index contributed by atoms with van der Waals surface area (Å²) < 4.78 is 5.56. The number of rotatable bonds is 6. The summed E-state index contributed by atoms with van der Waals surface area (Å²) in [6.45, 7) is 4.37. The number of carbonyl (C=O) groups is 1. The van der Waals surface area contributed by atoms with E-state index in [0.717, 1.165) is 31.7 Å². The standard InChI is InChI=1S/C16H24N4O2/c1-2-17-16(18-11-14-9-6-10-22-14)19-12-15(21)20-13-7-4-3-5-8-13/h3-5,7-8,14H,2,6,9-12H2,1H3,(H,20,21)(H2,17,18,19). The lowest BCUT2D eigenvalue weighted by Gasteiger charge is -2.14. The molecule has 120 valence electrons. The number of benzene rings is 1. The predicted octanol–water partition coefficient (Wildman–Crippen LogP) is 1.36. The first-order chi connectivity index (χ1) is 10.8. The number of anilines is 1. The van der Waals surface area contributed by atoms with E-state index in [1.807, 2.05) is 37.3 Å². The number of carbonyl (C=O) groups excluding carboxylic acids is 1. The van der Waals surface area contributed by atoms with Crippen molar-refractivity contribution in [2.75, 3.05) is 31.6 Å². The van der Waals surface area contributed by atoms with Crippen LogP contribution in [0.1, 0.15) is 19.8 Å². The summed E-state index contributed by atoms with van der Waals surface area (Å²) in [4.78, 5) is 16.2. The second-order valence-electron chi connectivity index (χ2n) is 5.13. The van der Waals surface area contributed by atoms with E-state index in [9.17, 15) is 4.79 Å². The quantitative estimate of drug-likeness (QED) is 0.548. The van der Waals surface area contributed by atoms with Gasteiger partial charge >= 0.3 is 0 Å². The molecule has 1 unspecified atom stereocenters. The third-order valence-electron chi connectivity index (χ3n) is 3.30. The number of nitrogens with one attached hydrogen (secondary N) is 3. The summed E-state index contributed by atoms with van der Waals surface area (Å²) in [5.41, 5.74) is 0.778. The number of nitrogens with zero attached hydrogens (tertiary/aromatic N) is 1. The number of guanidine groups is 1. The van der Waals surface area contributed by atoms with Gasteiger partial charge in [0.15, 0.2) is 5.96 Å². The summed E-state index contributed by atoms with van der Waals surface area (Å²) in [6, 6.07) is 9.37. The Bertz CT molecular complexity index is 484. The Morgan fingerprint density at radius 1 is 1.32 bits per heavy atom. The first-order valence-corrected chi connectivity index (χ1v) is 7.76. The molecule has 1 aliphatic rings. The minimum Gasteiger partial charge on any atom is -0.376 e. The molecule has 1 aliphatic heterocycles. The van der Waals surface area contributed by atoms with E-state index in [1.54, 1.807) is 0 Å². The molecule has 3 N–H and O–H groups in total. The fourth-order valence-electron chi connectivity index (χ4n) is 2.23. The number of hydrogen-bond donors (Lipinski definition) is 3. The zero-order valence-corrected chi connectivity index (χ0v) is 13.0. The molecule has 1 amide bonds. The molecule has 1 fully saturated rings. The molecule has 1 heterocycles. The fourth-order valence-corrected chi connectivity index (χ4v) is 2.23. The molecule has 0 bridgehead atoms. The zero-order valence-electron chi connectivity index (χ0n) is 13.0. The SMILES string of the molecule is CCNC(=NCC(=O)Nc1ccccc1)NCC1CCCO1. The van der Waals surface area contributed by atoms with Crippen LogP contribution in [0.5, 0.6) is 0 Å². The van der Waals surface area contributed by atoms with Crippen LogP contribution < -0.4 is 16.0 Å². The lowest BCUT2D eigenvalue weighted by atomic mass is 10.2. The van der Waals surface area contributed by atoms with Crippen LogP contribution in [-0.4, -0.2) is 44.2 Å². The first-order valence-electron chi connectivity index (χ1n) is 7.76. The molecule has 0 saturated carbocycles. The molecule has 1 aromatic carbocycles. The second-order valence-corrected chi connectivity index (χ2v) is 5.13. The highest BCUT2D eigenvalue weighted by molar-refractivity contribution is 5.94. The Morgan fingerprint density at radius 2 is 2.14 bits per heavy atom. The highest BCUT2D eigenvalue weighted by atomic mass is 16.5. The maximum atomic E-state index is 11.9. The summed E-state index contributed by atoms with van der Waals surface area (Å²) in [6.07, 6.45) is 2.42. The molecular weight excluding hydrogens is 280 g/mol. The zero-order chi connectivity index (χ0) is 15.6. The van der Waals surface area contributed by atoms with Gasteiger partial charge in [-0.05, 0) is 31.9 Å². The maximum Gasteiger partial charge on any atom is 0.246 e. The van der Waals surface area contributed by atoms with Gasteiger partial charge in [0.2, 0.25) is 5.91 Å². The number of hydrogen-bond acceptors (Lipinski definition) is 3. The van der Waals surface area contributed by atoms with Gasteiger partial charge in [-0.25, -0.2) is 4.99 Å². The topological polar surface area (TPSA) is 74.8 Å². The highest BCUT2D eigenvalue weighted by Gasteiger charge is 2.15. The maximum absolute atomic E-state index is 11.9. The van der Waals surface area contributed by atoms with Crippen molar-refractivity contribution in [3.63, 3.8) is 0 Å². The van der Waals surface area contributed by atoms with Gasteiger partial charge in [0.1, 0.15) is 6.54 Å². The van der Waals surface area contributed by atoms with Gasteiger partial charge in [-0.2, -0.15) is 0 Å². The largest absolute Gasteiger partial charge is 0.376 e. The molecule has 1 atom stereocenters. The number of aliphatic imine (C=N–C) groups is 1. The number of para-hydroxylation sites is 1. The Morgan fingerprint density at radius 3 is 2.82 bits per heavy atom. The predicted molar refractivity (Wildman–Crippen MR) is 88.0 cm³/mol. The molecule has 6 nitrogen and oxygen atoms in total. The average Bonchev–Trinajstić information content (AvgIpc) is 3.04. The summed E-state index contributed by atoms with van der Waals surface area (Å²) in [5, 5.41) is 9.16. The smallest absolute Gasteiger partial charge is 0.246 e. The van der Waals surface area contributed by atoms with E-state index in [2.05, 4.69) is 20.9 Å². The van der Waals surface area contributed by atoms with Gasteiger partial charge in [-0.15, -0.1) is 0 Å². The third-order valence-corrected chi connectivity index (χ3v) is 3.30. The van der Waals surface area contributed by atoms with Crippen LogP contribution in [0.3, 0.4) is 0 Å². The lowest BCUT2D eigenvalue weighted by Crippen LogP contribution is -2.41. The Balaban J connectivity index is 1.79. The second kappa shape index (κ2) is 9.04. The fraction of sp³-hybridized carbons (Fsp3) is 0.500. The molecule has 0 radical (unpaired) electrons. The molecule has 1 saturated heterocycles. The molecule has 0 aliphatic carbocycles. The van der Waals surface area contributed by atoms with Crippen LogP contribution in [-0.2, 0) is 9.53 Å². The van der Waals surface area contributed by atoms with Gasteiger partial charge in [-0.1, -0.05) is 18.2 Å². The van der Waals surface area contributed by atoms with E-state index in [1.165, 1.54) is 0 Å². The Hall–Kier alpha value is -2.08. The summed E-state index contributed by atoms with van der Waals surface area (Å²) in [5.74, 6) is 0.502. The van der Waals surface area contributed by atoms with Crippen LogP contribution >= 0.6 is 0 Å². The van der Waals surface area contributed by atoms with Crippen molar-refractivity contribution in [2.45, 2.75) is 25.9 Å². The van der Waals surface area contributed by atoms with E-state index in [4.69, 9.17) is 4.74 Å². The average molecular weight is 304 g/mol. The van der Waals surface area contributed by atoms with Gasteiger partial charge < -0.3 is 20.7 Å². The van der Waals surface area contributed by atoms with Gasteiger partial charge in [0.25, 0.3) is 0 Å². The van der Waals surface area contributed by atoms with Gasteiger partial charge in [0.05, 0.1) is 6.10 Å². The van der Waals surface area contributed by atoms with Crippen molar-refractivity contribution in [3.8, 4) is 0 Å². The molecular formula is C16H24N4O2. The normalized spacial score (nSPS) is 18.0. The monoisotopic (exact) mass is 304 g/mol. The molecule has 6 heteroatoms. The molecule has 0 spiro atoms. The highest BCUT2D eigenvalue weighted by Crippen LogP contribution is 2.10. The van der Waals surface area contributed by atoms with E-state index >= 15 is 0 Å². The molecule has 1 aromatic rings. The van der Waals surface area contributed by atoms with Crippen molar-refractivity contribution < 1.29 is 9.53 Å².